The Bertz CT molecular complexity index is 894. The number of aryl methyl sites for hydroxylation is 1. The Morgan fingerprint density at radius 2 is 1.64 bits per heavy atom. The molecule has 25 heavy (non-hydrogen) atoms. The minimum atomic E-state index is -3.65. The molecule has 2 aromatic carbocycles. The van der Waals surface area contributed by atoms with E-state index in [4.69, 9.17) is 0 Å². The van der Waals surface area contributed by atoms with Crippen molar-refractivity contribution in [3.63, 3.8) is 0 Å². The molecule has 0 atom stereocenters. The van der Waals surface area contributed by atoms with Crippen LogP contribution in [-0.4, -0.2) is 14.1 Å². The van der Waals surface area contributed by atoms with E-state index >= 15 is 0 Å². The van der Waals surface area contributed by atoms with Gasteiger partial charge in [-0.3, -0.25) is 0 Å². The molecule has 0 saturated carbocycles. The molecule has 130 valence electrons. The number of hydrogen-bond donors (Lipinski definition) is 1. The van der Waals surface area contributed by atoms with Crippen LogP contribution in [-0.2, 0) is 10.0 Å². The highest BCUT2D eigenvalue weighted by Gasteiger charge is 2.11. The van der Waals surface area contributed by atoms with Crippen molar-refractivity contribution < 1.29 is 8.42 Å². The Labute approximate surface area is 149 Å². The summed E-state index contributed by atoms with van der Waals surface area (Å²) in [5, 5.41) is 3.96. The fourth-order valence-electron chi connectivity index (χ4n) is 2.10. The lowest BCUT2D eigenvalue weighted by Gasteiger charge is -2.04. The van der Waals surface area contributed by atoms with Crippen molar-refractivity contribution in [3.05, 3.63) is 83.4 Å². The zero-order valence-electron chi connectivity index (χ0n) is 14.6. The van der Waals surface area contributed by atoms with E-state index in [0.29, 0.717) is 5.71 Å². The molecular weight excluding hydrogens is 332 g/mol. The topological polar surface area (TPSA) is 58.5 Å². The van der Waals surface area contributed by atoms with Gasteiger partial charge in [-0.1, -0.05) is 60.2 Å². The molecule has 0 spiro atoms. The Morgan fingerprint density at radius 3 is 2.28 bits per heavy atom. The lowest BCUT2D eigenvalue weighted by atomic mass is 10.1. The molecule has 0 aliphatic heterocycles. The molecule has 0 aliphatic carbocycles. The number of hydrazone groups is 1. The smallest absolute Gasteiger partial charge is 0.200 e. The third kappa shape index (κ3) is 6.04. The molecule has 5 heteroatoms. The predicted octanol–water partition coefficient (Wildman–Crippen LogP) is 4.31. The van der Waals surface area contributed by atoms with Crippen LogP contribution in [0.4, 0.5) is 0 Å². The van der Waals surface area contributed by atoms with Crippen LogP contribution in [0.5, 0.6) is 0 Å². The Hall–Kier alpha value is -2.66. The van der Waals surface area contributed by atoms with Crippen LogP contribution in [0.2, 0.25) is 0 Å². The molecule has 2 rings (SSSR count). The fraction of sp³-hybridized carbons (Fsp3) is 0.150. The van der Waals surface area contributed by atoms with Crippen molar-refractivity contribution in [3.8, 4) is 0 Å². The second-order valence-electron chi connectivity index (χ2n) is 5.79. The van der Waals surface area contributed by atoms with Gasteiger partial charge in [-0.25, -0.2) is 0 Å². The van der Waals surface area contributed by atoms with Gasteiger partial charge in [-0.15, -0.1) is 0 Å². The molecule has 0 fully saturated rings. The van der Waals surface area contributed by atoms with Crippen molar-refractivity contribution in [2.45, 2.75) is 25.7 Å². The number of nitrogens with zero attached hydrogens (tertiary/aromatic N) is 1. The summed E-state index contributed by atoms with van der Waals surface area (Å²) in [5.41, 5.74) is 3.65. The first-order chi connectivity index (χ1) is 11.9. The maximum absolute atomic E-state index is 12.2. The quantitative estimate of drug-likeness (QED) is 0.477. The van der Waals surface area contributed by atoms with E-state index < -0.39 is 10.0 Å². The third-order valence-corrected chi connectivity index (χ3v) is 4.67. The summed E-state index contributed by atoms with van der Waals surface area (Å²) < 4.78 is 24.4. The summed E-state index contributed by atoms with van der Waals surface area (Å²) in [7, 11) is -3.65. The summed E-state index contributed by atoms with van der Waals surface area (Å²) in [5.74, 6) is 0. The van der Waals surface area contributed by atoms with Gasteiger partial charge in [-0.2, -0.15) is 18.4 Å². The molecule has 4 nitrogen and oxygen atoms in total. The first-order valence-corrected chi connectivity index (χ1v) is 9.39. The monoisotopic (exact) mass is 354 g/mol. The zero-order chi connectivity index (χ0) is 18.3. The van der Waals surface area contributed by atoms with Gasteiger partial charge in [0.2, 0.25) is 0 Å². The minimum Gasteiger partial charge on any atom is -0.200 e. The van der Waals surface area contributed by atoms with E-state index in [9.17, 15) is 8.42 Å². The summed E-state index contributed by atoms with van der Waals surface area (Å²) in [4.78, 5) is 2.46. The van der Waals surface area contributed by atoms with Crippen molar-refractivity contribution in [1.29, 1.82) is 0 Å². The van der Waals surface area contributed by atoms with Gasteiger partial charge in [0.1, 0.15) is 0 Å². The number of sulfonamides is 1. The van der Waals surface area contributed by atoms with Gasteiger partial charge < -0.3 is 0 Å². The molecule has 0 unspecified atom stereocenters. The maximum Gasteiger partial charge on any atom is 0.276 e. The summed E-state index contributed by atoms with van der Waals surface area (Å²) in [6.45, 7) is 5.59. The molecule has 0 bridgehead atoms. The van der Waals surface area contributed by atoms with E-state index in [1.165, 1.54) is 0 Å². The van der Waals surface area contributed by atoms with E-state index in [0.717, 1.165) is 16.7 Å². The largest absolute Gasteiger partial charge is 0.276 e. The molecule has 0 aromatic heterocycles. The van der Waals surface area contributed by atoms with Crippen LogP contribution in [0.3, 0.4) is 0 Å². The van der Waals surface area contributed by atoms with Crippen molar-refractivity contribution >= 4 is 21.8 Å². The molecule has 0 heterocycles. The highest BCUT2D eigenvalue weighted by atomic mass is 32.2. The molecule has 0 aliphatic rings. The lowest BCUT2D eigenvalue weighted by Crippen LogP contribution is -2.19. The van der Waals surface area contributed by atoms with E-state index in [1.54, 1.807) is 31.2 Å². The second kappa shape index (κ2) is 8.44. The van der Waals surface area contributed by atoms with E-state index in [1.807, 2.05) is 62.4 Å². The van der Waals surface area contributed by atoms with Gasteiger partial charge in [0.05, 0.1) is 10.6 Å². The van der Waals surface area contributed by atoms with E-state index in [2.05, 4.69) is 9.93 Å². The minimum absolute atomic E-state index is 0.194. The van der Waals surface area contributed by atoms with Crippen LogP contribution < -0.4 is 4.83 Å². The summed E-state index contributed by atoms with van der Waals surface area (Å²) >= 11 is 0. The second-order valence-corrected chi connectivity index (χ2v) is 7.45. The summed E-state index contributed by atoms with van der Waals surface area (Å²) in [6, 6.07) is 16.6. The van der Waals surface area contributed by atoms with Crippen molar-refractivity contribution in [2.24, 2.45) is 5.10 Å². The predicted molar refractivity (Wildman–Crippen MR) is 104 cm³/mol. The number of hydrogen-bond acceptors (Lipinski definition) is 3. The van der Waals surface area contributed by atoms with Gasteiger partial charge in [0.25, 0.3) is 10.0 Å². The molecule has 0 saturated heterocycles. The van der Waals surface area contributed by atoms with Crippen LogP contribution >= 0.6 is 0 Å². The number of allylic oxidation sites excluding steroid dienone is 3. The highest BCUT2D eigenvalue weighted by molar-refractivity contribution is 7.89. The fourth-order valence-corrected chi connectivity index (χ4v) is 2.97. The number of nitrogens with one attached hydrogen (secondary N) is 1. The molecule has 2 aromatic rings. The third-order valence-electron chi connectivity index (χ3n) is 3.45. The van der Waals surface area contributed by atoms with Crippen LogP contribution in [0.15, 0.2) is 82.3 Å². The van der Waals surface area contributed by atoms with Gasteiger partial charge in [0, 0.05) is 0 Å². The normalized spacial score (nSPS) is 13.2. The van der Waals surface area contributed by atoms with Crippen molar-refractivity contribution in [1.82, 2.24) is 4.83 Å². The Balaban J connectivity index is 2.05. The molecule has 0 radical (unpaired) electrons. The van der Waals surface area contributed by atoms with Crippen LogP contribution in [0, 0.1) is 6.92 Å². The zero-order valence-corrected chi connectivity index (χ0v) is 15.4. The molecular formula is C20H22N2O2S. The van der Waals surface area contributed by atoms with Crippen LogP contribution in [0.25, 0.3) is 6.08 Å². The van der Waals surface area contributed by atoms with Crippen LogP contribution in [0.1, 0.15) is 25.0 Å². The molecule has 0 amide bonds. The Kier molecular flexibility index (Phi) is 6.31. The van der Waals surface area contributed by atoms with Gasteiger partial charge in [0.15, 0.2) is 0 Å². The first kappa shape index (κ1) is 18.7. The standard InChI is InChI=1S/C20H22N2O2S/c1-16-10-13-20(14-11-16)25(23,24)22-21-18(3)15-17(2)9-12-19-7-5-4-6-8-19/h4-15,22H,1-3H3/b12-9+,17-15+,21-18?. The average molecular weight is 354 g/mol. The van der Waals surface area contributed by atoms with Crippen molar-refractivity contribution in [2.75, 3.05) is 0 Å². The van der Waals surface area contributed by atoms with Gasteiger partial charge >= 0.3 is 0 Å². The Morgan fingerprint density at radius 1 is 1.00 bits per heavy atom. The average Bonchev–Trinajstić information content (AvgIpc) is 2.60. The summed E-state index contributed by atoms with van der Waals surface area (Å²) in [6.07, 6.45) is 5.77. The first-order valence-electron chi connectivity index (χ1n) is 7.91. The maximum atomic E-state index is 12.2. The lowest BCUT2D eigenvalue weighted by molar-refractivity contribution is 0.584. The number of benzene rings is 2. The van der Waals surface area contributed by atoms with Gasteiger partial charge in [-0.05, 0) is 50.1 Å². The highest BCUT2D eigenvalue weighted by Crippen LogP contribution is 2.10. The van der Waals surface area contributed by atoms with E-state index in [-0.39, 0.29) is 4.90 Å². The SMILES string of the molecule is CC(/C=C(C)/C=C/c1ccccc1)=NNS(=O)(=O)c1ccc(C)cc1. The number of rotatable bonds is 6. The molecule has 1 N–H and O–H groups in total.